The number of sulfonamides is 1. The van der Waals surface area contributed by atoms with Gasteiger partial charge in [0.15, 0.2) is 5.76 Å². The number of furan rings is 1. The molecule has 0 bridgehead atoms. The van der Waals surface area contributed by atoms with Gasteiger partial charge < -0.3 is 9.15 Å². The summed E-state index contributed by atoms with van der Waals surface area (Å²) < 4.78 is 38.1. The van der Waals surface area contributed by atoms with Crippen LogP contribution in [0.3, 0.4) is 0 Å². The highest BCUT2D eigenvalue weighted by Crippen LogP contribution is 2.14. The lowest BCUT2D eigenvalue weighted by molar-refractivity contribution is 0.0828. The zero-order valence-electron chi connectivity index (χ0n) is 18.2. The van der Waals surface area contributed by atoms with Crippen LogP contribution >= 0.6 is 0 Å². The maximum absolute atomic E-state index is 12.3. The van der Waals surface area contributed by atoms with Crippen LogP contribution in [0.1, 0.15) is 46.9 Å². The molecule has 2 amide bonds. The quantitative estimate of drug-likeness (QED) is 0.412. The number of carbonyl (C=O) groups is 2. The van der Waals surface area contributed by atoms with Crippen LogP contribution in [-0.2, 0) is 16.6 Å². The summed E-state index contributed by atoms with van der Waals surface area (Å²) in [5, 5.41) is 0. The Morgan fingerprint density at radius 1 is 0.939 bits per heavy atom. The van der Waals surface area contributed by atoms with E-state index >= 15 is 0 Å². The number of para-hydroxylation sites is 1. The molecule has 1 atom stereocenters. The van der Waals surface area contributed by atoms with Gasteiger partial charge in [-0.2, -0.15) is 0 Å². The third kappa shape index (κ3) is 6.67. The Morgan fingerprint density at radius 3 is 2.27 bits per heavy atom. The van der Waals surface area contributed by atoms with Crippen molar-refractivity contribution in [2.45, 2.75) is 37.8 Å². The fraction of sp³-hybridized carbons (Fsp3) is 0.217. The molecule has 0 fully saturated rings. The smallest absolute Gasteiger partial charge is 0.305 e. The number of hydrazine groups is 1. The maximum atomic E-state index is 12.3. The van der Waals surface area contributed by atoms with Crippen molar-refractivity contribution in [2.75, 3.05) is 0 Å². The molecule has 1 aromatic heterocycles. The molecule has 0 spiro atoms. The molecule has 1 heterocycles. The maximum Gasteiger partial charge on any atom is 0.305 e. The zero-order chi connectivity index (χ0) is 23.8. The van der Waals surface area contributed by atoms with Crippen LogP contribution in [0.5, 0.6) is 5.75 Å². The lowest BCUT2D eigenvalue weighted by Gasteiger charge is -2.12. The summed E-state index contributed by atoms with van der Waals surface area (Å²) in [7, 11) is -3.67. The Hall–Kier alpha value is -3.63. The third-order valence-corrected chi connectivity index (χ3v) is 6.30. The van der Waals surface area contributed by atoms with Crippen molar-refractivity contribution in [3.8, 4) is 5.75 Å². The number of ether oxygens (including phenoxy) is 1. The molecule has 0 aliphatic rings. The summed E-state index contributed by atoms with van der Waals surface area (Å²) in [6.45, 7) is 3.78. The van der Waals surface area contributed by atoms with E-state index in [9.17, 15) is 18.0 Å². The molecule has 9 nitrogen and oxygen atoms in total. The van der Waals surface area contributed by atoms with E-state index in [4.69, 9.17) is 9.15 Å². The van der Waals surface area contributed by atoms with Crippen molar-refractivity contribution in [2.24, 2.45) is 0 Å². The van der Waals surface area contributed by atoms with Gasteiger partial charge in [0.25, 0.3) is 5.91 Å². The second-order valence-corrected chi connectivity index (χ2v) is 8.94. The van der Waals surface area contributed by atoms with Gasteiger partial charge in [0, 0.05) is 11.6 Å². The van der Waals surface area contributed by atoms with Crippen LogP contribution < -0.4 is 20.3 Å². The third-order valence-electron chi connectivity index (χ3n) is 4.69. The Bertz CT molecular complexity index is 1190. The molecular weight excluding hydrogens is 446 g/mol. The summed E-state index contributed by atoms with van der Waals surface area (Å²) in [6.07, 6.45) is 0.649. The van der Waals surface area contributed by atoms with Gasteiger partial charge >= 0.3 is 5.91 Å². The number of carbonyl (C=O) groups excluding carboxylic acids is 2. The lowest BCUT2D eigenvalue weighted by atomic mass is 10.2. The summed E-state index contributed by atoms with van der Waals surface area (Å²) in [4.78, 5) is 24.6. The summed E-state index contributed by atoms with van der Waals surface area (Å²) in [5.41, 5.74) is 4.70. The van der Waals surface area contributed by atoms with Crippen molar-refractivity contribution >= 4 is 21.8 Å². The predicted molar refractivity (Wildman–Crippen MR) is 121 cm³/mol. The molecular formula is C23H25N3O6S. The van der Waals surface area contributed by atoms with Crippen LogP contribution in [0.15, 0.2) is 76.0 Å². The van der Waals surface area contributed by atoms with Crippen molar-refractivity contribution in [3.63, 3.8) is 0 Å². The second kappa shape index (κ2) is 10.8. The molecule has 0 aliphatic heterocycles. The average Bonchev–Trinajstić information content (AvgIpc) is 3.30. The van der Waals surface area contributed by atoms with Crippen LogP contribution in [-0.4, -0.2) is 26.3 Å². The van der Waals surface area contributed by atoms with Gasteiger partial charge in [0.2, 0.25) is 10.0 Å². The van der Waals surface area contributed by atoms with E-state index in [2.05, 4.69) is 15.6 Å². The van der Waals surface area contributed by atoms with Gasteiger partial charge in [-0.15, -0.1) is 0 Å². The van der Waals surface area contributed by atoms with Crippen molar-refractivity contribution in [1.29, 1.82) is 0 Å². The summed E-state index contributed by atoms with van der Waals surface area (Å²) in [5.74, 6) is -0.146. The standard InChI is InChI=1S/C23H25N3O6S/c1-3-16(2)26-33(29,30)20-12-9-17(10-13-20)22(27)24-25-23(28)21-14-11-19(32-21)15-31-18-7-5-4-6-8-18/h4-14,16,26H,3,15H2,1-2H3,(H,24,27)(H,25,28). The molecule has 10 heteroatoms. The number of rotatable bonds is 9. The Balaban J connectivity index is 1.52. The largest absolute Gasteiger partial charge is 0.486 e. The fourth-order valence-electron chi connectivity index (χ4n) is 2.70. The molecule has 0 saturated carbocycles. The number of hydrogen-bond acceptors (Lipinski definition) is 6. The van der Waals surface area contributed by atoms with Crippen LogP contribution in [0.2, 0.25) is 0 Å². The molecule has 0 saturated heterocycles. The van der Waals surface area contributed by atoms with Gasteiger partial charge in [-0.25, -0.2) is 13.1 Å². The monoisotopic (exact) mass is 471 g/mol. The number of hydrogen-bond donors (Lipinski definition) is 3. The van der Waals surface area contributed by atoms with E-state index in [-0.39, 0.29) is 28.9 Å². The molecule has 3 rings (SSSR count). The minimum Gasteiger partial charge on any atom is -0.486 e. The van der Waals surface area contributed by atoms with Gasteiger partial charge in [-0.1, -0.05) is 25.1 Å². The minimum atomic E-state index is -3.67. The first-order valence-corrected chi connectivity index (χ1v) is 11.8. The normalized spacial score (nSPS) is 12.1. The highest BCUT2D eigenvalue weighted by atomic mass is 32.2. The number of benzene rings is 2. The Labute approximate surface area is 192 Å². The molecule has 0 radical (unpaired) electrons. The first kappa shape index (κ1) is 24.0. The SMILES string of the molecule is CCC(C)NS(=O)(=O)c1ccc(C(=O)NNC(=O)c2ccc(COc3ccccc3)o2)cc1. The number of amides is 2. The first-order valence-electron chi connectivity index (χ1n) is 10.3. The van der Waals surface area contributed by atoms with Gasteiger partial charge in [-0.3, -0.25) is 20.4 Å². The lowest BCUT2D eigenvalue weighted by Crippen LogP contribution is -2.41. The summed E-state index contributed by atoms with van der Waals surface area (Å²) in [6, 6.07) is 17.4. The van der Waals surface area contributed by atoms with E-state index in [1.165, 1.54) is 30.3 Å². The van der Waals surface area contributed by atoms with E-state index in [0.717, 1.165) is 0 Å². The van der Waals surface area contributed by atoms with Crippen molar-refractivity contribution in [3.05, 3.63) is 83.8 Å². The Morgan fingerprint density at radius 2 is 1.61 bits per heavy atom. The van der Waals surface area contributed by atoms with Crippen LogP contribution in [0.4, 0.5) is 0 Å². The average molecular weight is 472 g/mol. The van der Waals surface area contributed by atoms with Crippen LogP contribution in [0.25, 0.3) is 0 Å². The first-order chi connectivity index (χ1) is 15.8. The highest BCUT2D eigenvalue weighted by Gasteiger charge is 2.18. The molecule has 2 aromatic carbocycles. The highest BCUT2D eigenvalue weighted by molar-refractivity contribution is 7.89. The van der Waals surface area contributed by atoms with Crippen molar-refractivity contribution < 1.29 is 27.2 Å². The summed E-state index contributed by atoms with van der Waals surface area (Å²) >= 11 is 0. The Kier molecular flexibility index (Phi) is 7.86. The van der Waals surface area contributed by atoms with E-state index in [0.29, 0.717) is 17.9 Å². The molecule has 33 heavy (non-hydrogen) atoms. The minimum absolute atomic E-state index is 0.000443. The molecule has 3 aromatic rings. The van der Waals surface area contributed by atoms with Gasteiger partial charge in [0.05, 0.1) is 4.90 Å². The molecule has 174 valence electrons. The fourth-order valence-corrected chi connectivity index (χ4v) is 4.02. The van der Waals surface area contributed by atoms with E-state index in [1.54, 1.807) is 25.1 Å². The molecule has 0 aliphatic carbocycles. The van der Waals surface area contributed by atoms with E-state index in [1.807, 2.05) is 25.1 Å². The molecule has 1 unspecified atom stereocenters. The number of nitrogens with one attached hydrogen (secondary N) is 3. The predicted octanol–water partition coefficient (Wildman–Crippen LogP) is 3.01. The van der Waals surface area contributed by atoms with Gasteiger partial charge in [-0.05, 0) is 61.9 Å². The zero-order valence-corrected chi connectivity index (χ0v) is 19.0. The van der Waals surface area contributed by atoms with Crippen molar-refractivity contribution in [1.82, 2.24) is 15.6 Å². The van der Waals surface area contributed by atoms with Crippen LogP contribution in [0, 0.1) is 0 Å². The van der Waals surface area contributed by atoms with E-state index < -0.39 is 21.8 Å². The van der Waals surface area contributed by atoms with Gasteiger partial charge in [0.1, 0.15) is 18.1 Å². The second-order valence-electron chi connectivity index (χ2n) is 7.23. The molecule has 3 N–H and O–H groups in total. The topological polar surface area (TPSA) is 127 Å².